The molecule has 2 N–H and O–H groups in total. The summed E-state index contributed by atoms with van der Waals surface area (Å²) >= 11 is 0. The molecule has 118 valence electrons. The highest BCUT2D eigenvalue weighted by Crippen LogP contribution is 2.25. The van der Waals surface area contributed by atoms with Crippen molar-refractivity contribution in [3.05, 3.63) is 65.2 Å². The molecule has 0 aromatic heterocycles. The summed E-state index contributed by atoms with van der Waals surface area (Å²) in [4.78, 5) is 11.2. The number of phenols is 2. The summed E-state index contributed by atoms with van der Waals surface area (Å²) < 4.78 is 4.82. The van der Waals surface area contributed by atoms with Crippen molar-refractivity contribution in [2.75, 3.05) is 6.61 Å². The lowest BCUT2D eigenvalue weighted by Gasteiger charge is -1.99. The number of aromatic hydroxyl groups is 2. The number of carbonyl (C=O) groups is 1. The number of hydrogen-bond acceptors (Lipinski definition) is 4. The maximum absolute atomic E-state index is 11.2. The van der Waals surface area contributed by atoms with E-state index in [1.807, 2.05) is 36.4 Å². The molecule has 0 saturated heterocycles. The van der Waals surface area contributed by atoms with Crippen molar-refractivity contribution in [3.63, 3.8) is 0 Å². The molecule has 0 unspecified atom stereocenters. The summed E-state index contributed by atoms with van der Waals surface area (Å²) in [5.41, 5.74) is 2.66. The number of hydrogen-bond donors (Lipinski definition) is 2. The third-order valence-electron chi connectivity index (χ3n) is 3.10. The Bertz CT molecular complexity index is 728. The van der Waals surface area contributed by atoms with E-state index in [2.05, 4.69) is 0 Å². The Morgan fingerprint density at radius 1 is 0.913 bits per heavy atom. The summed E-state index contributed by atoms with van der Waals surface area (Å²) in [7, 11) is 0. The molecule has 4 nitrogen and oxygen atoms in total. The van der Waals surface area contributed by atoms with Gasteiger partial charge in [-0.05, 0) is 41.8 Å². The van der Waals surface area contributed by atoms with Gasteiger partial charge in [0.05, 0.1) is 6.61 Å². The fraction of sp³-hybridized carbons (Fsp3) is 0.105. The summed E-state index contributed by atoms with van der Waals surface area (Å²) in [6.07, 6.45) is 6.82. The molecule has 0 saturated carbocycles. The van der Waals surface area contributed by atoms with Crippen molar-refractivity contribution >= 4 is 24.2 Å². The van der Waals surface area contributed by atoms with Gasteiger partial charge in [0.25, 0.3) is 0 Å². The molecule has 0 radical (unpaired) electrons. The minimum Gasteiger partial charge on any atom is -0.504 e. The highest BCUT2D eigenvalue weighted by atomic mass is 16.5. The van der Waals surface area contributed by atoms with E-state index in [0.29, 0.717) is 6.61 Å². The summed E-state index contributed by atoms with van der Waals surface area (Å²) in [5, 5.41) is 18.7. The number of esters is 1. The van der Waals surface area contributed by atoms with Crippen LogP contribution in [0.2, 0.25) is 0 Å². The molecule has 0 aliphatic heterocycles. The second kappa shape index (κ2) is 7.84. The lowest BCUT2D eigenvalue weighted by Crippen LogP contribution is -1.98. The monoisotopic (exact) mass is 310 g/mol. The van der Waals surface area contributed by atoms with Gasteiger partial charge >= 0.3 is 5.97 Å². The van der Waals surface area contributed by atoms with Gasteiger partial charge in [0, 0.05) is 6.08 Å². The van der Waals surface area contributed by atoms with Gasteiger partial charge in [0.1, 0.15) is 0 Å². The number of benzene rings is 2. The van der Waals surface area contributed by atoms with Crippen molar-refractivity contribution < 1.29 is 19.7 Å². The van der Waals surface area contributed by atoms with Gasteiger partial charge in [-0.2, -0.15) is 0 Å². The number of rotatable bonds is 5. The average molecular weight is 310 g/mol. The smallest absolute Gasteiger partial charge is 0.330 e. The molecule has 4 heteroatoms. The van der Waals surface area contributed by atoms with Crippen LogP contribution >= 0.6 is 0 Å². The Morgan fingerprint density at radius 3 is 2.09 bits per heavy atom. The number of ether oxygens (including phenoxy) is 1. The molecule has 0 heterocycles. The van der Waals surface area contributed by atoms with Crippen molar-refractivity contribution in [1.29, 1.82) is 0 Å². The van der Waals surface area contributed by atoms with Crippen LogP contribution in [0.15, 0.2) is 48.5 Å². The fourth-order valence-electron chi connectivity index (χ4n) is 1.91. The standard InChI is InChI=1S/C19H18O4/c1-2-23-19(22)12-10-15-5-3-14(4-6-15)7-8-16-9-11-17(20)18(21)13-16/h3-13,20-21H,2H2,1H3. The van der Waals surface area contributed by atoms with Crippen molar-refractivity contribution in [2.24, 2.45) is 0 Å². The lowest BCUT2D eigenvalue weighted by atomic mass is 10.1. The van der Waals surface area contributed by atoms with E-state index in [-0.39, 0.29) is 17.5 Å². The van der Waals surface area contributed by atoms with Crippen molar-refractivity contribution in [3.8, 4) is 11.5 Å². The molecular weight excluding hydrogens is 292 g/mol. The molecule has 0 atom stereocenters. The molecule has 2 rings (SSSR count). The zero-order chi connectivity index (χ0) is 16.7. The first-order valence-electron chi connectivity index (χ1n) is 7.23. The van der Waals surface area contributed by atoms with Crippen LogP contribution < -0.4 is 0 Å². The summed E-state index contributed by atoms with van der Waals surface area (Å²) in [5.74, 6) is -0.643. The minimum atomic E-state index is -0.358. The highest BCUT2D eigenvalue weighted by molar-refractivity contribution is 5.87. The first-order valence-corrected chi connectivity index (χ1v) is 7.23. The van der Waals surface area contributed by atoms with E-state index in [1.54, 1.807) is 19.1 Å². The molecule has 23 heavy (non-hydrogen) atoms. The van der Waals surface area contributed by atoms with Crippen LogP contribution in [0.5, 0.6) is 11.5 Å². The van der Waals surface area contributed by atoms with Gasteiger partial charge in [0.15, 0.2) is 11.5 Å². The topological polar surface area (TPSA) is 66.8 Å². The van der Waals surface area contributed by atoms with E-state index < -0.39 is 0 Å². The fourth-order valence-corrected chi connectivity index (χ4v) is 1.91. The second-order valence-electron chi connectivity index (χ2n) is 4.83. The predicted molar refractivity (Wildman–Crippen MR) is 90.8 cm³/mol. The minimum absolute atomic E-state index is 0.139. The third kappa shape index (κ3) is 5.04. The predicted octanol–water partition coefficient (Wildman–Crippen LogP) is 3.84. The maximum Gasteiger partial charge on any atom is 0.330 e. The molecule has 0 spiro atoms. The van der Waals surface area contributed by atoms with Crippen LogP contribution in [0.3, 0.4) is 0 Å². The molecule has 2 aromatic carbocycles. The third-order valence-corrected chi connectivity index (χ3v) is 3.10. The number of carbonyl (C=O) groups excluding carboxylic acids is 1. The molecule has 2 aromatic rings. The Kier molecular flexibility index (Phi) is 5.58. The van der Waals surface area contributed by atoms with Crippen LogP contribution in [0.4, 0.5) is 0 Å². The van der Waals surface area contributed by atoms with Crippen LogP contribution in [-0.4, -0.2) is 22.8 Å². The van der Waals surface area contributed by atoms with Gasteiger partial charge in [-0.3, -0.25) is 0 Å². The van der Waals surface area contributed by atoms with Gasteiger partial charge in [-0.25, -0.2) is 4.79 Å². The first kappa shape index (κ1) is 16.4. The Balaban J connectivity index is 2.03. The molecular formula is C19H18O4. The Morgan fingerprint density at radius 2 is 1.48 bits per heavy atom. The molecule has 0 aliphatic rings. The van der Waals surface area contributed by atoms with Crippen LogP contribution in [0.25, 0.3) is 18.2 Å². The molecule has 0 fully saturated rings. The van der Waals surface area contributed by atoms with Gasteiger partial charge in [-0.15, -0.1) is 0 Å². The van der Waals surface area contributed by atoms with Crippen LogP contribution in [0, 0.1) is 0 Å². The normalized spacial score (nSPS) is 11.2. The maximum atomic E-state index is 11.2. The van der Waals surface area contributed by atoms with Crippen molar-refractivity contribution in [2.45, 2.75) is 6.92 Å². The van der Waals surface area contributed by atoms with Crippen molar-refractivity contribution in [1.82, 2.24) is 0 Å². The van der Waals surface area contributed by atoms with Crippen LogP contribution in [-0.2, 0) is 9.53 Å². The lowest BCUT2D eigenvalue weighted by molar-refractivity contribution is -0.137. The number of phenolic OH excluding ortho intramolecular Hbond substituents is 2. The van der Waals surface area contributed by atoms with E-state index >= 15 is 0 Å². The Hall–Kier alpha value is -3.01. The highest BCUT2D eigenvalue weighted by Gasteiger charge is 1.98. The van der Waals surface area contributed by atoms with Crippen LogP contribution in [0.1, 0.15) is 23.6 Å². The van der Waals surface area contributed by atoms with E-state index in [1.165, 1.54) is 18.2 Å². The largest absolute Gasteiger partial charge is 0.504 e. The zero-order valence-corrected chi connectivity index (χ0v) is 12.8. The van der Waals surface area contributed by atoms with Gasteiger partial charge in [-0.1, -0.05) is 42.5 Å². The molecule has 0 bridgehead atoms. The second-order valence-corrected chi connectivity index (χ2v) is 4.83. The summed E-state index contributed by atoms with van der Waals surface area (Å²) in [6, 6.07) is 12.3. The zero-order valence-electron chi connectivity index (χ0n) is 12.8. The first-order chi connectivity index (χ1) is 11.1. The Labute approximate surface area is 135 Å². The van der Waals surface area contributed by atoms with Gasteiger partial charge in [0.2, 0.25) is 0 Å². The SMILES string of the molecule is CCOC(=O)C=Cc1ccc(C=Cc2ccc(O)c(O)c2)cc1. The molecule has 0 aliphatic carbocycles. The molecule has 0 amide bonds. The van der Waals surface area contributed by atoms with E-state index in [4.69, 9.17) is 4.74 Å². The summed E-state index contributed by atoms with van der Waals surface area (Å²) in [6.45, 7) is 2.13. The van der Waals surface area contributed by atoms with E-state index in [9.17, 15) is 15.0 Å². The quantitative estimate of drug-likeness (QED) is 0.381. The van der Waals surface area contributed by atoms with Gasteiger partial charge < -0.3 is 14.9 Å². The van der Waals surface area contributed by atoms with E-state index in [0.717, 1.165) is 16.7 Å². The average Bonchev–Trinajstić information content (AvgIpc) is 2.55.